The highest BCUT2D eigenvalue weighted by atomic mass is 19.3. The van der Waals surface area contributed by atoms with Crippen LogP contribution in [0.5, 0.6) is 0 Å². The van der Waals surface area contributed by atoms with Crippen LogP contribution in [0.1, 0.15) is 66.7 Å². The van der Waals surface area contributed by atoms with E-state index in [9.17, 15) is 48.2 Å². The Labute approximate surface area is 451 Å². The van der Waals surface area contributed by atoms with E-state index in [1.54, 1.807) is 29.2 Å². The molecule has 6 heterocycles. The van der Waals surface area contributed by atoms with Gasteiger partial charge in [0.2, 0.25) is 11.8 Å². The number of alkyl halides is 2. The van der Waals surface area contributed by atoms with Crippen molar-refractivity contribution in [3.63, 3.8) is 0 Å². The normalized spacial score (nSPS) is 18.9. The zero-order valence-electron chi connectivity index (χ0n) is 44.2. The molecule has 3 N–H and O–H groups in total. The van der Waals surface area contributed by atoms with E-state index >= 15 is 0 Å². The Hall–Kier alpha value is -6.85. The summed E-state index contributed by atoms with van der Waals surface area (Å²) in [7, 11) is 1.94. The molecule has 0 saturated carbocycles. The number of rotatable bonds is 16. The van der Waals surface area contributed by atoms with Crippen LogP contribution in [0.25, 0.3) is 10.9 Å². The van der Waals surface area contributed by atoms with E-state index in [-0.39, 0.29) is 29.3 Å². The number of fused-ring (bicyclic) bond motifs is 1. The third-order valence-corrected chi connectivity index (χ3v) is 13.7. The van der Waals surface area contributed by atoms with Gasteiger partial charge in [-0.3, -0.25) is 34.1 Å². The second kappa shape index (κ2) is 28.7. The molecule has 22 nitrogen and oxygen atoms in total. The molecule has 3 fully saturated rings. The highest BCUT2D eigenvalue weighted by Gasteiger charge is 2.47. The highest BCUT2D eigenvalue weighted by molar-refractivity contribution is 6.07. The molecule has 3 aromatic heterocycles. The summed E-state index contributed by atoms with van der Waals surface area (Å²) < 4.78 is 51.4. The molecule has 24 heteroatoms. The molecular formula is C54H69F2N11O11. The molecule has 0 bridgehead atoms. The average Bonchev–Trinajstić information content (AvgIpc) is 3.77. The maximum Gasteiger partial charge on any atom is 0.354 e. The van der Waals surface area contributed by atoms with E-state index in [0.29, 0.717) is 153 Å². The van der Waals surface area contributed by atoms with Crippen molar-refractivity contribution in [3.05, 3.63) is 94.2 Å². The number of benzene rings is 1. The Morgan fingerprint density at radius 2 is 1.35 bits per heavy atom. The summed E-state index contributed by atoms with van der Waals surface area (Å²) in [4.78, 5) is 87.8. The molecule has 0 radical (unpaired) electrons. The predicted octanol–water partition coefficient (Wildman–Crippen LogP) is 2.82. The second-order valence-corrected chi connectivity index (χ2v) is 19.6. The zero-order chi connectivity index (χ0) is 55.6. The number of aromatic carboxylic acids is 2. The number of hydrogen-bond donors (Lipinski definition) is 3. The molecule has 3 amide bonds. The van der Waals surface area contributed by atoms with E-state index in [4.69, 9.17) is 18.9 Å². The van der Waals surface area contributed by atoms with Gasteiger partial charge in [0.05, 0.1) is 101 Å². The van der Waals surface area contributed by atoms with Crippen molar-refractivity contribution in [2.45, 2.75) is 51.2 Å². The van der Waals surface area contributed by atoms with Crippen molar-refractivity contribution in [2.75, 3.05) is 143 Å². The molecule has 3 saturated heterocycles. The van der Waals surface area contributed by atoms with Crippen LogP contribution in [0.2, 0.25) is 0 Å². The third-order valence-electron chi connectivity index (χ3n) is 13.7. The lowest BCUT2D eigenvalue weighted by Crippen LogP contribution is -2.49. The molecule has 3 aliphatic heterocycles. The third kappa shape index (κ3) is 17.6. The molecule has 420 valence electrons. The number of carbonyl (C=O) groups is 5. The fourth-order valence-corrected chi connectivity index (χ4v) is 9.57. The molecular weight excluding hydrogens is 1020 g/mol. The van der Waals surface area contributed by atoms with E-state index < -0.39 is 55.2 Å². The Kier molecular flexibility index (Phi) is 21.6. The number of piperazine rings is 1. The van der Waals surface area contributed by atoms with E-state index in [1.165, 1.54) is 18.3 Å². The number of aromatic nitrogens is 3. The minimum absolute atomic E-state index is 0.00531. The Morgan fingerprint density at radius 1 is 0.756 bits per heavy atom. The van der Waals surface area contributed by atoms with Gasteiger partial charge in [-0.05, 0) is 79.5 Å². The Bertz CT molecular complexity index is 2740. The number of likely N-dealkylation sites (tertiary alicyclic amines) is 1. The highest BCUT2D eigenvalue weighted by Crippen LogP contribution is 2.32. The van der Waals surface area contributed by atoms with Crippen molar-refractivity contribution in [3.8, 4) is 6.07 Å². The number of halogens is 2. The standard InChI is InChI=1S/C54H69F2N11O11/c1-38-26-40(60-47(27-38)52(71)72)35-64-14-18-75-22-24-77-20-16-65(17-21-78-25-23-76-19-15-64)36-41-28-39(29-48(61-41)53(73)74)30-49(68)66-12-10-63(11-13-66)9-3-8-62(2)42-4-5-46-45(31-42)44(6-7-58-46)51(70)59-34-50(69)67-37-54(55,56)32-43(67)33-57/h4-7,26-29,31,43H,3,8-25,30,32,34-37H2,1-2H3,(H,59,70)(H,71,72)(H,73,74)/t43-/m0/s1. The maximum absolute atomic E-state index is 13.9. The number of nitrogens with zero attached hydrogens (tertiary/aromatic N) is 10. The number of carbonyl (C=O) groups excluding carboxylic acids is 3. The van der Waals surface area contributed by atoms with Gasteiger partial charge in [0.15, 0.2) is 0 Å². The van der Waals surface area contributed by atoms with E-state index in [1.807, 2.05) is 32.2 Å². The average molecular weight is 1090 g/mol. The predicted molar refractivity (Wildman–Crippen MR) is 280 cm³/mol. The Balaban J connectivity index is 0.848. The van der Waals surface area contributed by atoms with Gasteiger partial charge in [-0.15, -0.1) is 0 Å². The lowest BCUT2D eigenvalue weighted by atomic mass is 10.1. The van der Waals surface area contributed by atoms with Crippen LogP contribution < -0.4 is 10.2 Å². The Morgan fingerprint density at radius 3 is 1.94 bits per heavy atom. The van der Waals surface area contributed by atoms with Crippen LogP contribution in [-0.2, 0) is 48.0 Å². The summed E-state index contributed by atoms with van der Waals surface area (Å²) in [5, 5.41) is 31.8. The van der Waals surface area contributed by atoms with Crippen molar-refractivity contribution < 1.29 is 61.9 Å². The van der Waals surface area contributed by atoms with Gasteiger partial charge in [0, 0.05) is 103 Å². The molecule has 7 rings (SSSR count). The van der Waals surface area contributed by atoms with Crippen molar-refractivity contribution >= 4 is 46.3 Å². The molecule has 0 aliphatic carbocycles. The quantitative estimate of drug-likeness (QED) is 0.146. The van der Waals surface area contributed by atoms with Crippen LogP contribution in [-0.4, -0.2) is 230 Å². The number of anilines is 1. The smallest absolute Gasteiger partial charge is 0.354 e. The van der Waals surface area contributed by atoms with Gasteiger partial charge in [-0.1, -0.05) is 0 Å². The largest absolute Gasteiger partial charge is 0.477 e. The van der Waals surface area contributed by atoms with Gasteiger partial charge in [-0.25, -0.2) is 28.3 Å². The van der Waals surface area contributed by atoms with Crippen LogP contribution >= 0.6 is 0 Å². The minimum atomic E-state index is -3.17. The van der Waals surface area contributed by atoms with Gasteiger partial charge in [0.1, 0.15) is 17.4 Å². The first-order chi connectivity index (χ1) is 37.5. The van der Waals surface area contributed by atoms with Gasteiger partial charge < -0.3 is 49.2 Å². The van der Waals surface area contributed by atoms with Crippen molar-refractivity contribution in [1.82, 2.24) is 44.8 Å². The molecule has 3 aliphatic rings. The maximum atomic E-state index is 13.9. The van der Waals surface area contributed by atoms with E-state index in [0.717, 1.165) is 29.1 Å². The number of amides is 3. The van der Waals surface area contributed by atoms with Crippen molar-refractivity contribution in [1.29, 1.82) is 5.26 Å². The number of nitriles is 1. The molecule has 1 atom stereocenters. The summed E-state index contributed by atoms with van der Waals surface area (Å²) in [6.45, 7) is 10.2. The minimum Gasteiger partial charge on any atom is -0.477 e. The summed E-state index contributed by atoms with van der Waals surface area (Å²) in [6, 6.07) is 14.2. The van der Waals surface area contributed by atoms with Gasteiger partial charge in [0.25, 0.3) is 11.8 Å². The van der Waals surface area contributed by atoms with Crippen LogP contribution in [0, 0.1) is 18.3 Å². The molecule has 1 aromatic carbocycles. The summed E-state index contributed by atoms with van der Waals surface area (Å²) in [5.74, 6) is -6.88. The number of nitrogens with one attached hydrogen (secondary N) is 1. The summed E-state index contributed by atoms with van der Waals surface area (Å²) >= 11 is 0. The first-order valence-electron chi connectivity index (χ1n) is 26.2. The molecule has 0 unspecified atom stereocenters. The van der Waals surface area contributed by atoms with Crippen molar-refractivity contribution in [2.24, 2.45) is 0 Å². The molecule has 0 spiro atoms. The van der Waals surface area contributed by atoms with Crippen LogP contribution in [0.4, 0.5) is 14.5 Å². The number of ether oxygens (including phenoxy) is 4. The van der Waals surface area contributed by atoms with Crippen LogP contribution in [0.3, 0.4) is 0 Å². The van der Waals surface area contributed by atoms with E-state index in [2.05, 4.69) is 39.9 Å². The number of carboxylic acid groups (broad SMARTS) is 2. The summed E-state index contributed by atoms with van der Waals surface area (Å²) in [6.07, 6.45) is 1.56. The first kappa shape index (κ1) is 58.8. The SMILES string of the molecule is Cc1cc(CN2CCOCCOCCN(Cc3cc(CC(=O)N4CCN(CCCN(C)c5ccc6nccc(C(=O)NCC(=O)N7CC(F)(F)C[C@H]7C#N)c6c5)CC4)cc(C(=O)O)n3)CCOCCOCC2)nc(C(=O)O)c1. The van der Waals surface area contributed by atoms with Crippen LogP contribution in [0.15, 0.2) is 54.7 Å². The number of pyridine rings is 3. The van der Waals surface area contributed by atoms with Gasteiger partial charge in [-0.2, -0.15) is 5.26 Å². The second-order valence-electron chi connectivity index (χ2n) is 19.6. The number of aryl methyl sites for hydroxylation is 1. The summed E-state index contributed by atoms with van der Waals surface area (Å²) in [5.41, 5.74) is 4.05. The number of carboxylic acids is 2. The molecule has 4 aromatic rings. The van der Waals surface area contributed by atoms with Gasteiger partial charge >= 0.3 is 11.9 Å². The fourth-order valence-electron chi connectivity index (χ4n) is 9.57. The molecule has 78 heavy (non-hydrogen) atoms. The fraction of sp³-hybridized carbons (Fsp3) is 0.537. The zero-order valence-corrected chi connectivity index (χ0v) is 44.2. The number of hydrogen-bond acceptors (Lipinski definition) is 17. The lowest BCUT2D eigenvalue weighted by Gasteiger charge is -2.35. The topological polar surface area (TPSA) is 257 Å². The lowest BCUT2D eigenvalue weighted by molar-refractivity contribution is -0.132. The first-order valence-corrected chi connectivity index (χ1v) is 26.2. The monoisotopic (exact) mass is 1090 g/mol.